The standard InChI is InChI=1S/C11H14O2/c1-7-5-8(2)11(9(3)12)10(6-7)13-4/h5-6H,1-4H3. The minimum atomic E-state index is 0.0503. The molecule has 0 N–H and O–H groups in total. The smallest absolute Gasteiger partial charge is 0.163 e. The van der Waals surface area contributed by atoms with Gasteiger partial charge in [0.05, 0.1) is 12.7 Å². The Balaban J connectivity index is 3.38. The average Bonchev–Trinajstić information content (AvgIpc) is 2.01. The molecule has 0 spiro atoms. The third-order valence-corrected chi connectivity index (χ3v) is 2.02. The molecule has 0 bridgehead atoms. The Hall–Kier alpha value is -1.31. The molecular weight excluding hydrogens is 164 g/mol. The van der Waals surface area contributed by atoms with E-state index in [0.717, 1.165) is 11.1 Å². The maximum Gasteiger partial charge on any atom is 0.163 e. The second-order valence-corrected chi connectivity index (χ2v) is 3.22. The number of carbonyl (C=O) groups is 1. The van der Waals surface area contributed by atoms with Crippen LogP contribution in [0.25, 0.3) is 0 Å². The molecule has 0 unspecified atom stereocenters. The number of ketones is 1. The normalized spacial score (nSPS) is 9.85. The molecule has 0 saturated carbocycles. The minimum Gasteiger partial charge on any atom is -0.496 e. The Bertz CT molecular complexity index is 340. The lowest BCUT2D eigenvalue weighted by Gasteiger charge is -2.09. The van der Waals surface area contributed by atoms with Gasteiger partial charge in [-0.3, -0.25) is 4.79 Å². The van der Waals surface area contributed by atoms with Crippen molar-refractivity contribution in [1.29, 1.82) is 0 Å². The van der Waals surface area contributed by atoms with Gasteiger partial charge in [0.25, 0.3) is 0 Å². The molecule has 1 aromatic rings. The summed E-state index contributed by atoms with van der Waals surface area (Å²) in [5.41, 5.74) is 2.77. The summed E-state index contributed by atoms with van der Waals surface area (Å²) in [5.74, 6) is 0.722. The van der Waals surface area contributed by atoms with Crippen LogP contribution in [-0.2, 0) is 0 Å². The average molecular weight is 178 g/mol. The van der Waals surface area contributed by atoms with Crippen LogP contribution in [0.5, 0.6) is 5.75 Å². The van der Waals surface area contributed by atoms with E-state index in [0.29, 0.717) is 11.3 Å². The first-order valence-electron chi connectivity index (χ1n) is 4.22. The number of benzene rings is 1. The van der Waals surface area contributed by atoms with Crippen molar-refractivity contribution < 1.29 is 9.53 Å². The van der Waals surface area contributed by atoms with E-state index in [1.165, 1.54) is 0 Å². The van der Waals surface area contributed by atoms with Gasteiger partial charge in [-0.05, 0) is 38.0 Å². The van der Waals surface area contributed by atoms with Crippen molar-refractivity contribution in [2.75, 3.05) is 7.11 Å². The first-order chi connectivity index (χ1) is 6.06. The van der Waals surface area contributed by atoms with Crippen LogP contribution in [0.1, 0.15) is 28.4 Å². The highest BCUT2D eigenvalue weighted by atomic mass is 16.5. The van der Waals surface area contributed by atoms with Crippen molar-refractivity contribution in [3.05, 3.63) is 28.8 Å². The van der Waals surface area contributed by atoms with E-state index < -0.39 is 0 Å². The third-order valence-electron chi connectivity index (χ3n) is 2.02. The Morgan fingerprint density at radius 2 is 1.92 bits per heavy atom. The fourth-order valence-electron chi connectivity index (χ4n) is 1.54. The van der Waals surface area contributed by atoms with Gasteiger partial charge in [0.15, 0.2) is 5.78 Å². The van der Waals surface area contributed by atoms with Crippen LogP contribution in [0.4, 0.5) is 0 Å². The number of hydrogen-bond donors (Lipinski definition) is 0. The Morgan fingerprint density at radius 3 is 2.38 bits per heavy atom. The van der Waals surface area contributed by atoms with Crippen molar-refractivity contribution in [3.63, 3.8) is 0 Å². The van der Waals surface area contributed by atoms with E-state index in [9.17, 15) is 4.79 Å². The lowest BCUT2D eigenvalue weighted by atomic mass is 10.0. The number of methoxy groups -OCH3 is 1. The molecule has 1 aromatic carbocycles. The molecule has 13 heavy (non-hydrogen) atoms. The maximum absolute atomic E-state index is 11.3. The largest absolute Gasteiger partial charge is 0.496 e. The SMILES string of the molecule is COc1cc(C)cc(C)c1C(C)=O. The van der Waals surface area contributed by atoms with Crippen LogP contribution >= 0.6 is 0 Å². The molecule has 2 heteroatoms. The second-order valence-electron chi connectivity index (χ2n) is 3.22. The van der Waals surface area contributed by atoms with E-state index in [1.54, 1.807) is 14.0 Å². The van der Waals surface area contributed by atoms with E-state index in [2.05, 4.69) is 0 Å². The quantitative estimate of drug-likeness (QED) is 0.650. The highest BCUT2D eigenvalue weighted by molar-refractivity contribution is 5.98. The molecule has 1 rings (SSSR count). The van der Waals surface area contributed by atoms with Gasteiger partial charge in [0.1, 0.15) is 5.75 Å². The molecule has 0 radical (unpaired) electrons. The van der Waals surface area contributed by atoms with Gasteiger partial charge in [-0.25, -0.2) is 0 Å². The van der Waals surface area contributed by atoms with Crippen molar-refractivity contribution in [2.45, 2.75) is 20.8 Å². The molecule has 0 aliphatic rings. The lowest BCUT2D eigenvalue weighted by molar-refractivity contribution is 0.101. The van der Waals surface area contributed by atoms with Crippen LogP contribution in [0.2, 0.25) is 0 Å². The summed E-state index contributed by atoms with van der Waals surface area (Å²) in [5, 5.41) is 0. The fraction of sp³-hybridized carbons (Fsp3) is 0.364. The van der Waals surface area contributed by atoms with Crippen LogP contribution in [0.3, 0.4) is 0 Å². The zero-order valence-corrected chi connectivity index (χ0v) is 8.47. The summed E-state index contributed by atoms with van der Waals surface area (Å²) < 4.78 is 5.15. The monoisotopic (exact) mass is 178 g/mol. The van der Waals surface area contributed by atoms with Gasteiger partial charge < -0.3 is 4.74 Å². The van der Waals surface area contributed by atoms with Gasteiger partial charge in [0, 0.05) is 0 Å². The zero-order valence-electron chi connectivity index (χ0n) is 8.47. The summed E-state index contributed by atoms with van der Waals surface area (Å²) in [6.07, 6.45) is 0. The minimum absolute atomic E-state index is 0.0503. The summed E-state index contributed by atoms with van der Waals surface area (Å²) in [7, 11) is 1.58. The first kappa shape index (κ1) is 9.78. The summed E-state index contributed by atoms with van der Waals surface area (Å²) in [4.78, 5) is 11.3. The van der Waals surface area contributed by atoms with E-state index in [4.69, 9.17) is 4.74 Å². The molecule has 0 amide bonds. The summed E-state index contributed by atoms with van der Waals surface area (Å²) >= 11 is 0. The zero-order chi connectivity index (χ0) is 10.0. The molecule has 70 valence electrons. The molecule has 0 fully saturated rings. The molecule has 0 aromatic heterocycles. The highest BCUT2D eigenvalue weighted by Gasteiger charge is 2.11. The molecule has 0 aliphatic carbocycles. The molecule has 0 aliphatic heterocycles. The van der Waals surface area contributed by atoms with E-state index in [1.807, 2.05) is 26.0 Å². The molecule has 0 heterocycles. The third kappa shape index (κ3) is 1.89. The summed E-state index contributed by atoms with van der Waals surface area (Å²) in [6, 6.07) is 3.86. The Morgan fingerprint density at radius 1 is 1.31 bits per heavy atom. The topological polar surface area (TPSA) is 26.3 Å². The predicted molar refractivity (Wildman–Crippen MR) is 52.5 cm³/mol. The van der Waals surface area contributed by atoms with Crippen molar-refractivity contribution in [1.82, 2.24) is 0 Å². The molecule has 0 saturated heterocycles. The second kappa shape index (κ2) is 3.60. The van der Waals surface area contributed by atoms with Gasteiger partial charge in [-0.1, -0.05) is 6.07 Å². The molecule has 2 nitrogen and oxygen atoms in total. The van der Waals surface area contributed by atoms with Crippen LogP contribution in [-0.4, -0.2) is 12.9 Å². The number of carbonyl (C=O) groups excluding carboxylic acids is 1. The number of ether oxygens (including phenoxy) is 1. The van der Waals surface area contributed by atoms with Crippen LogP contribution in [0.15, 0.2) is 12.1 Å². The van der Waals surface area contributed by atoms with Gasteiger partial charge in [-0.15, -0.1) is 0 Å². The van der Waals surface area contributed by atoms with E-state index >= 15 is 0 Å². The maximum atomic E-state index is 11.3. The summed E-state index contributed by atoms with van der Waals surface area (Å²) in [6.45, 7) is 5.46. The number of rotatable bonds is 2. The van der Waals surface area contributed by atoms with Gasteiger partial charge in [0.2, 0.25) is 0 Å². The predicted octanol–water partition coefficient (Wildman–Crippen LogP) is 2.51. The lowest BCUT2D eigenvalue weighted by Crippen LogP contribution is -2.01. The van der Waals surface area contributed by atoms with Crippen LogP contribution < -0.4 is 4.74 Å². The van der Waals surface area contributed by atoms with Crippen molar-refractivity contribution in [3.8, 4) is 5.75 Å². The van der Waals surface area contributed by atoms with E-state index in [-0.39, 0.29) is 5.78 Å². The van der Waals surface area contributed by atoms with Gasteiger partial charge in [-0.2, -0.15) is 0 Å². The van der Waals surface area contributed by atoms with Gasteiger partial charge >= 0.3 is 0 Å². The van der Waals surface area contributed by atoms with Crippen molar-refractivity contribution >= 4 is 5.78 Å². The number of hydrogen-bond acceptors (Lipinski definition) is 2. The van der Waals surface area contributed by atoms with Crippen molar-refractivity contribution in [2.24, 2.45) is 0 Å². The fourth-order valence-corrected chi connectivity index (χ4v) is 1.54. The molecular formula is C11H14O2. The first-order valence-corrected chi connectivity index (χ1v) is 4.22. The molecule has 0 atom stereocenters. The Kier molecular flexibility index (Phi) is 2.71. The number of Topliss-reactive ketones (excluding diaryl/α,β-unsaturated/α-hetero) is 1. The highest BCUT2D eigenvalue weighted by Crippen LogP contribution is 2.24. The number of aryl methyl sites for hydroxylation is 2. The Labute approximate surface area is 78.5 Å². The van der Waals surface area contributed by atoms with Crippen LogP contribution in [0, 0.1) is 13.8 Å².